The number of amides is 1. The Morgan fingerprint density at radius 1 is 1.39 bits per heavy atom. The van der Waals surface area contributed by atoms with Crippen LogP contribution < -0.4 is 10.6 Å². The van der Waals surface area contributed by atoms with Gasteiger partial charge in [0.05, 0.1) is 25.8 Å². The van der Waals surface area contributed by atoms with Crippen molar-refractivity contribution in [2.45, 2.75) is 39.0 Å². The fourth-order valence-corrected chi connectivity index (χ4v) is 3.13. The summed E-state index contributed by atoms with van der Waals surface area (Å²) in [5, 5.41) is 0. The third-order valence-electron chi connectivity index (χ3n) is 4.08. The number of morpholine rings is 1. The molecule has 0 spiro atoms. The fraction of sp³-hybridized carbons (Fsp3) is 0.588. The van der Waals surface area contributed by atoms with E-state index in [0.717, 1.165) is 17.8 Å². The average molecular weight is 319 g/mol. The number of carbonyl (C=O) groups excluding carboxylic acids is 1. The minimum Gasteiger partial charge on any atom is -0.444 e. The van der Waals surface area contributed by atoms with Crippen LogP contribution >= 0.6 is 0 Å². The van der Waals surface area contributed by atoms with Crippen molar-refractivity contribution < 1.29 is 14.3 Å². The van der Waals surface area contributed by atoms with Crippen molar-refractivity contribution in [3.8, 4) is 0 Å². The van der Waals surface area contributed by atoms with Crippen LogP contribution in [0.5, 0.6) is 0 Å². The Morgan fingerprint density at radius 2 is 2.17 bits per heavy atom. The van der Waals surface area contributed by atoms with E-state index in [-0.39, 0.29) is 12.1 Å². The number of hydrogen-bond donors (Lipinski definition) is 1. The summed E-state index contributed by atoms with van der Waals surface area (Å²) in [6.45, 7) is 8.87. The van der Waals surface area contributed by atoms with Crippen molar-refractivity contribution in [2.24, 2.45) is 0 Å². The van der Waals surface area contributed by atoms with Gasteiger partial charge >= 0.3 is 6.09 Å². The molecule has 3 rings (SSSR count). The van der Waals surface area contributed by atoms with Gasteiger partial charge in [-0.15, -0.1) is 0 Å². The van der Waals surface area contributed by atoms with Gasteiger partial charge in [0.1, 0.15) is 5.60 Å². The van der Waals surface area contributed by atoms with Gasteiger partial charge in [-0.05, 0) is 44.5 Å². The molecule has 0 aromatic heterocycles. The highest BCUT2D eigenvalue weighted by molar-refractivity contribution is 5.70. The third kappa shape index (κ3) is 3.52. The van der Waals surface area contributed by atoms with Crippen molar-refractivity contribution >= 4 is 17.5 Å². The van der Waals surface area contributed by atoms with Gasteiger partial charge in [0.2, 0.25) is 0 Å². The minimum absolute atomic E-state index is 0.140. The van der Waals surface area contributed by atoms with Crippen molar-refractivity contribution in [1.29, 1.82) is 0 Å². The molecule has 1 fully saturated rings. The molecule has 126 valence electrons. The van der Waals surface area contributed by atoms with Gasteiger partial charge in [0.15, 0.2) is 0 Å². The smallest absolute Gasteiger partial charge is 0.410 e. The van der Waals surface area contributed by atoms with E-state index in [9.17, 15) is 4.79 Å². The standard InChI is InChI=1S/C17H25N3O3/c1-17(2,3)23-16(21)19-9-12-8-13(18)4-5-15(12)20-6-7-22-11-14(20)10-19/h4-5,8,14H,6-7,9-11,18H2,1-3H3/t14-/m1/s1. The zero-order valence-electron chi connectivity index (χ0n) is 14.0. The Morgan fingerprint density at radius 3 is 2.91 bits per heavy atom. The van der Waals surface area contributed by atoms with Gasteiger partial charge in [-0.3, -0.25) is 0 Å². The Kier molecular flexibility index (Phi) is 4.10. The first-order valence-corrected chi connectivity index (χ1v) is 8.04. The maximum atomic E-state index is 12.5. The van der Waals surface area contributed by atoms with Crippen LogP contribution in [0.2, 0.25) is 0 Å². The van der Waals surface area contributed by atoms with Gasteiger partial charge in [0, 0.05) is 24.5 Å². The van der Waals surface area contributed by atoms with Gasteiger partial charge in [0.25, 0.3) is 0 Å². The lowest BCUT2D eigenvalue weighted by Crippen LogP contribution is -2.51. The predicted molar refractivity (Wildman–Crippen MR) is 89.5 cm³/mol. The highest BCUT2D eigenvalue weighted by Crippen LogP contribution is 2.31. The number of nitrogen functional groups attached to an aromatic ring is 1. The molecule has 1 aromatic carbocycles. The lowest BCUT2D eigenvalue weighted by atomic mass is 10.1. The van der Waals surface area contributed by atoms with Gasteiger partial charge in [-0.1, -0.05) is 0 Å². The zero-order valence-corrected chi connectivity index (χ0v) is 14.0. The van der Waals surface area contributed by atoms with E-state index in [1.54, 1.807) is 4.90 Å². The number of hydrogen-bond acceptors (Lipinski definition) is 5. The second kappa shape index (κ2) is 5.92. The monoisotopic (exact) mass is 319 g/mol. The molecule has 1 saturated heterocycles. The quantitative estimate of drug-likeness (QED) is 0.743. The molecule has 2 heterocycles. The lowest BCUT2D eigenvalue weighted by Gasteiger charge is -2.37. The highest BCUT2D eigenvalue weighted by Gasteiger charge is 2.34. The first-order chi connectivity index (χ1) is 10.8. The Bertz CT molecular complexity index is 597. The Hall–Kier alpha value is -1.95. The van der Waals surface area contributed by atoms with Crippen LogP contribution in [0.25, 0.3) is 0 Å². The summed E-state index contributed by atoms with van der Waals surface area (Å²) in [4.78, 5) is 16.6. The molecule has 0 radical (unpaired) electrons. The zero-order chi connectivity index (χ0) is 16.6. The molecule has 0 bridgehead atoms. The summed E-state index contributed by atoms with van der Waals surface area (Å²) in [5.41, 5.74) is 8.34. The second-order valence-electron chi connectivity index (χ2n) is 7.17. The lowest BCUT2D eigenvalue weighted by molar-refractivity contribution is 0.0178. The van der Waals surface area contributed by atoms with E-state index in [1.165, 1.54) is 0 Å². The number of anilines is 2. The van der Waals surface area contributed by atoms with Crippen LogP contribution in [-0.2, 0) is 16.0 Å². The number of carbonyl (C=O) groups is 1. The number of fused-ring (bicyclic) bond motifs is 3. The molecule has 2 aliphatic heterocycles. The van der Waals surface area contributed by atoms with Crippen molar-refractivity contribution in [3.63, 3.8) is 0 Å². The Balaban J connectivity index is 1.91. The summed E-state index contributed by atoms with van der Waals surface area (Å²) in [5.74, 6) is 0. The molecule has 23 heavy (non-hydrogen) atoms. The predicted octanol–water partition coefficient (Wildman–Crippen LogP) is 2.22. The molecule has 2 aliphatic rings. The van der Waals surface area contributed by atoms with Crippen molar-refractivity contribution in [3.05, 3.63) is 23.8 Å². The third-order valence-corrected chi connectivity index (χ3v) is 4.08. The number of benzene rings is 1. The molecule has 6 nitrogen and oxygen atoms in total. The van der Waals surface area contributed by atoms with E-state index in [1.807, 2.05) is 39.0 Å². The van der Waals surface area contributed by atoms with Crippen molar-refractivity contribution in [2.75, 3.05) is 36.9 Å². The number of nitrogens with two attached hydrogens (primary N) is 1. The van der Waals surface area contributed by atoms with Gasteiger partial charge in [-0.2, -0.15) is 0 Å². The van der Waals surface area contributed by atoms with Crippen LogP contribution in [0.15, 0.2) is 18.2 Å². The summed E-state index contributed by atoms with van der Waals surface area (Å²) in [7, 11) is 0. The summed E-state index contributed by atoms with van der Waals surface area (Å²) in [6, 6.07) is 6.04. The normalized spacial score (nSPS) is 21.3. The molecule has 0 saturated carbocycles. The van der Waals surface area contributed by atoms with Crippen LogP contribution in [-0.4, -0.2) is 48.9 Å². The average Bonchev–Trinajstić information content (AvgIpc) is 2.61. The van der Waals surface area contributed by atoms with Crippen LogP contribution in [0.1, 0.15) is 26.3 Å². The molecular formula is C17H25N3O3. The van der Waals surface area contributed by atoms with E-state index in [0.29, 0.717) is 32.0 Å². The first-order valence-electron chi connectivity index (χ1n) is 8.04. The molecular weight excluding hydrogens is 294 g/mol. The van der Waals surface area contributed by atoms with Crippen LogP contribution in [0.4, 0.5) is 16.2 Å². The highest BCUT2D eigenvalue weighted by atomic mass is 16.6. The molecule has 2 N–H and O–H groups in total. The molecule has 1 amide bonds. The largest absolute Gasteiger partial charge is 0.444 e. The topological polar surface area (TPSA) is 68.0 Å². The molecule has 1 atom stereocenters. The van der Waals surface area contributed by atoms with E-state index < -0.39 is 5.60 Å². The maximum Gasteiger partial charge on any atom is 0.410 e. The number of rotatable bonds is 0. The summed E-state index contributed by atoms with van der Waals surface area (Å²) < 4.78 is 11.2. The number of nitrogens with zero attached hydrogens (tertiary/aromatic N) is 2. The second-order valence-corrected chi connectivity index (χ2v) is 7.17. The molecule has 0 aliphatic carbocycles. The van der Waals surface area contributed by atoms with Gasteiger partial charge < -0.3 is 25.0 Å². The first kappa shape index (κ1) is 15.9. The SMILES string of the molecule is CC(C)(C)OC(=O)N1Cc2cc(N)ccc2N2CCOC[C@H]2C1. The molecule has 0 unspecified atom stereocenters. The van der Waals surface area contributed by atoms with Crippen LogP contribution in [0, 0.1) is 0 Å². The molecule has 6 heteroatoms. The van der Waals surface area contributed by atoms with Gasteiger partial charge in [-0.25, -0.2) is 4.79 Å². The van der Waals surface area contributed by atoms with E-state index >= 15 is 0 Å². The minimum atomic E-state index is -0.509. The van der Waals surface area contributed by atoms with Crippen LogP contribution in [0.3, 0.4) is 0 Å². The van der Waals surface area contributed by atoms with Crippen molar-refractivity contribution in [1.82, 2.24) is 4.90 Å². The summed E-state index contributed by atoms with van der Waals surface area (Å²) >= 11 is 0. The van der Waals surface area contributed by atoms with E-state index in [4.69, 9.17) is 15.2 Å². The maximum absolute atomic E-state index is 12.5. The molecule has 1 aromatic rings. The number of ether oxygens (including phenoxy) is 2. The summed E-state index contributed by atoms with van der Waals surface area (Å²) in [6.07, 6.45) is -0.293. The fourth-order valence-electron chi connectivity index (χ4n) is 3.13. The Labute approximate surface area is 137 Å². The van der Waals surface area contributed by atoms with E-state index in [2.05, 4.69) is 4.90 Å².